The molecule has 0 bridgehead atoms. The van der Waals surface area contributed by atoms with E-state index >= 15 is 0 Å². The van der Waals surface area contributed by atoms with Crippen molar-refractivity contribution in [3.8, 4) is 0 Å². The van der Waals surface area contributed by atoms with Gasteiger partial charge in [0, 0.05) is 36.6 Å². The van der Waals surface area contributed by atoms with Gasteiger partial charge in [-0.15, -0.1) is 11.3 Å². The van der Waals surface area contributed by atoms with Crippen LogP contribution in [0.4, 0.5) is 5.82 Å². The molecule has 1 aromatic carbocycles. The van der Waals surface area contributed by atoms with E-state index in [1.54, 1.807) is 17.7 Å². The molecule has 1 amide bonds. The van der Waals surface area contributed by atoms with Gasteiger partial charge in [0.05, 0.1) is 5.39 Å². The predicted molar refractivity (Wildman–Crippen MR) is 111 cm³/mol. The van der Waals surface area contributed by atoms with E-state index in [1.807, 2.05) is 23.1 Å². The van der Waals surface area contributed by atoms with Crippen LogP contribution in [0, 0.1) is 13.8 Å². The number of piperazine rings is 1. The zero-order valence-corrected chi connectivity index (χ0v) is 16.8. The van der Waals surface area contributed by atoms with E-state index in [-0.39, 0.29) is 5.91 Å². The van der Waals surface area contributed by atoms with Crippen LogP contribution in [0.5, 0.6) is 0 Å². The number of nitrogens with zero attached hydrogens (tertiary/aromatic N) is 4. The minimum atomic E-state index is 0.120. The molecule has 5 nitrogen and oxygen atoms in total. The lowest BCUT2D eigenvalue weighted by atomic mass is 10.1. The lowest BCUT2D eigenvalue weighted by Gasteiger charge is -2.35. The topological polar surface area (TPSA) is 49.3 Å². The lowest BCUT2D eigenvalue weighted by molar-refractivity contribution is 0.0746. The summed E-state index contributed by atoms with van der Waals surface area (Å²) in [5.41, 5.74) is 3.15. The fourth-order valence-electron chi connectivity index (χ4n) is 3.50. The number of hydrogen-bond acceptors (Lipinski definition) is 5. The SMILES string of the molecule is CCc1cc2c(N3CCN(C(=O)c4ccc(C)c(C)c4)CC3)ncnc2s1. The fraction of sp³-hybridized carbons (Fsp3) is 0.381. The van der Waals surface area contributed by atoms with Crippen molar-refractivity contribution in [1.82, 2.24) is 14.9 Å². The van der Waals surface area contributed by atoms with Crippen LogP contribution in [-0.4, -0.2) is 47.0 Å². The summed E-state index contributed by atoms with van der Waals surface area (Å²) in [6, 6.07) is 8.17. The molecular formula is C21H24N4OS. The van der Waals surface area contributed by atoms with Crippen molar-refractivity contribution in [3.63, 3.8) is 0 Å². The van der Waals surface area contributed by atoms with Crippen molar-refractivity contribution >= 4 is 33.3 Å². The number of hydrogen-bond donors (Lipinski definition) is 0. The summed E-state index contributed by atoms with van der Waals surface area (Å²) in [5.74, 6) is 1.11. The summed E-state index contributed by atoms with van der Waals surface area (Å²) in [6.45, 7) is 9.29. The van der Waals surface area contributed by atoms with E-state index < -0.39 is 0 Å². The maximum atomic E-state index is 12.8. The normalized spacial score (nSPS) is 14.8. The molecule has 0 N–H and O–H groups in total. The van der Waals surface area contributed by atoms with E-state index in [1.165, 1.54) is 10.4 Å². The van der Waals surface area contributed by atoms with E-state index in [4.69, 9.17) is 0 Å². The molecule has 3 heterocycles. The number of amides is 1. The van der Waals surface area contributed by atoms with Crippen molar-refractivity contribution < 1.29 is 4.79 Å². The standard InChI is InChI=1S/C21H24N4OS/c1-4-17-12-18-19(22-13-23-20(18)27-17)24-7-9-25(10-8-24)21(26)16-6-5-14(2)15(3)11-16/h5-6,11-13H,4,7-10H2,1-3H3. The zero-order chi connectivity index (χ0) is 19.0. The average molecular weight is 381 g/mol. The number of carbonyl (C=O) groups is 1. The van der Waals surface area contributed by atoms with Gasteiger partial charge in [-0.25, -0.2) is 9.97 Å². The lowest BCUT2D eigenvalue weighted by Crippen LogP contribution is -2.49. The highest BCUT2D eigenvalue weighted by Crippen LogP contribution is 2.31. The van der Waals surface area contributed by atoms with Gasteiger partial charge in [-0.3, -0.25) is 4.79 Å². The van der Waals surface area contributed by atoms with Crippen molar-refractivity contribution in [2.24, 2.45) is 0 Å². The summed E-state index contributed by atoms with van der Waals surface area (Å²) in [5, 5.41) is 1.13. The maximum absolute atomic E-state index is 12.8. The van der Waals surface area contributed by atoms with E-state index in [9.17, 15) is 4.79 Å². The van der Waals surface area contributed by atoms with Crippen LogP contribution in [-0.2, 0) is 6.42 Å². The van der Waals surface area contributed by atoms with E-state index in [0.717, 1.165) is 46.7 Å². The van der Waals surface area contributed by atoms with Gasteiger partial charge in [0.2, 0.25) is 0 Å². The molecule has 1 aliphatic heterocycles. The molecule has 0 aliphatic carbocycles. The number of thiophene rings is 1. The molecular weight excluding hydrogens is 356 g/mol. The number of carbonyl (C=O) groups excluding carboxylic acids is 1. The molecule has 0 radical (unpaired) electrons. The van der Waals surface area contributed by atoms with Crippen LogP contribution < -0.4 is 4.90 Å². The molecule has 27 heavy (non-hydrogen) atoms. The number of aromatic nitrogens is 2. The van der Waals surface area contributed by atoms with E-state index in [0.29, 0.717) is 13.1 Å². The first kappa shape index (κ1) is 17.9. The number of rotatable bonds is 3. The summed E-state index contributed by atoms with van der Waals surface area (Å²) in [7, 11) is 0. The fourth-order valence-corrected chi connectivity index (χ4v) is 4.43. The molecule has 1 aliphatic rings. The van der Waals surface area contributed by atoms with Crippen LogP contribution in [0.25, 0.3) is 10.2 Å². The Morgan fingerprint density at radius 1 is 1.07 bits per heavy atom. The molecule has 6 heteroatoms. The van der Waals surface area contributed by atoms with Crippen LogP contribution in [0.2, 0.25) is 0 Å². The van der Waals surface area contributed by atoms with Crippen LogP contribution in [0.15, 0.2) is 30.6 Å². The summed E-state index contributed by atoms with van der Waals surface area (Å²) in [6.07, 6.45) is 2.67. The first-order chi connectivity index (χ1) is 13.1. The number of aryl methyl sites for hydroxylation is 3. The van der Waals surface area contributed by atoms with Crippen molar-refractivity contribution in [2.45, 2.75) is 27.2 Å². The molecule has 140 valence electrons. The first-order valence-corrected chi connectivity index (χ1v) is 10.2. The summed E-state index contributed by atoms with van der Waals surface area (Å²) in [4.78, 5) is 28.4. The Bertz CT molecular complexity index is 989. The maximum Gasteiger partial charge on any atom is 0.253 e. The minimum Gasteiger partial charge on any atom is -0.352 e. The molecule has 0 atom stereocenters. The second-order valence-electron chi connectivity index (χ2n) is 7.06. The predicted octanol–water partition coefficient (Wildman–Crippen LogP) is 3.83. The third-order valence-corrected chi connectivity index (χ3v) is 6.52. The Labute approximate surface area is 163 Å². The molecule has 1 saturated heterocycles. The first-order valence-electron chi connectivity index (χ1n) is 9.41. The summed E-state index contributed by atoms with van der Waals surface area (Å²) < 4.78 is 0. The van der Waals surface area contributed by atoms with Gasteiger partial charge in [0.15, 0.2) is 0 Å². The second kappa shape index (κ2) is 7.27. The van der Waals surface area contributed by atoms with Crippen molar-refractivity contribution in [1.29, 1.82) is 0 Å². The van der Waals surface area contributed by atoms with Gasteiger partial charge in [-0.2, -0.15) is 0 Å². The third-order valence-electron chi connectivity index (χ3n) is 5.33. The minimum absolute atomic E-state index is 0.120. The molecule has 2 aromatic heterocycles. The number of fused-ring (bicyclic) bond motifs is 1. The Hall–Kier alpha value is -2.47. The van der Waals surface area contributed by atoms with Gasteiger partial charge >= 0.3 is 0 Å². The van der Waals surface area contributed by atoms with Crippen molar-refractivity contribution in [3.05, 3.63) is 52.2 Å². The monoisotopic (exact) mass is 380 g/mol. The molecule has 4 rings (SSSR count). The van der Waals surface area contributed by atoms with Gasteiger partial charge in [0.25, 0.3) is 5.91 Å². The highest BCUT2D eigenvalue weighted by Gasteiger charge is 2.24. The molecule has 0 spiro atoms. The van der Waals surface area contributed by atoms with Gasteiger partial charge in [-0.05, 0) is 49.6 Å². The van der Waals surface area contributed by atoms with E-state index in [2.05, 4.69) is 41.7 Å². The Morgan fingerprint density at radius 2 is 1.85 bits per heavy atom. The Kier molecular flexibility index (Phi) is 4.83. The largest absolute Gasteiger partial charge is 0.352 e. The van der Waals surface area contributed by atoms with Crippen molar-refractivity contribution in [2.75, 3.05) is 31.1 Å². The van der Waals surface area contributed by atoms with Gasteiger partial charge < -0.3 is 9.80 Å². The smallest absolute Gasteiger partial charge is 0.253 e. The molecule has 3 aromatic rings. The molecule has 0 saturated carbocycles. The Morgan fingerprint density at radius 3 is 2.56 bits per heavy atom. The molecule has 1 fully saturated rings. The highest BCUT2D eigenvalue weighted by molar-refractivity contribution is 7.18. The van der Waals surface area contributed by atoms with Crippen LogP contribution in [0.1, 0.15) is 33.3 Å². The highest BCUT2D eigenvalue weighted by atomic mass is 32.1. The van der Waals surface area contributed by atoms with Gasteiger partial charge in [-0.1, -0.05) is 13.0 Å². The summed E-state index contributed by atoms with van der Waals surface area (Å²) >= 11 is 1.74. The number of anilines is 1. The zero-order valence-electron chi connectivity index (χ0n) is 16.0. The average Bonchev–Trinajstić information content (AvgIpc) is 3.13. The third kappa shape index (κ3) is 3.41. The number of benzene rings is 1. The second-order valence-corrected chi connectivity index (χ2v) is 8.18. The molecule has 0 unspecified atom stereocenters. The van der Waals surface area contributed by atoms with Gasteiger partial charge in [0.1, 0.15) is 17.0 Å². The quantitative estimate of drug-likeness (QED) is 0.693. The van der Waals surface area contributed by atoms with Crippen LogP contribution in [0.3, 0.4) is 0 Å². The Balaban J connectivity index is 1.50. The van der Waals surface area contributed by atoms with Crippen LogP contribution >= 0.6 is 11.3 Å².